The van der Waals surface area contributed by atoms with Crippen LogP contribution in [-0.4, -0.2) is 45.4 Å². The molecule has 2 amide bonds. The fourth-order valence-corrected chi connectivity index (χ4v) is 2.34. The third-order valence-electron chi connectivity index (χ3n) is 3.68. The highest BCUT2D eigenvalue weighted by molar-refractivity contribution is 5.90. The van der Waals surface area contributed by atoms with E-state index in [-0.39, 0.29) is 18.8 Å². The maximum absolute atomic E-state index is 13.1. The van der Waals surface area contributed by atoms with E-state index in [4.69, 9.17) is 5.11 Å². The van der Waals surface area contributed by atoms with Gasteiger partial charge >= 0.3 is 12.0 Å². The van der Waals surface area contributed by atoms with Gasteiger partial charge in [-0.1, -0.05) is 13.3 Å². The van der Waals surface area contributed by atoms with Gasteiger partial charge in [0, 0.05) is 13.6 Å². The van der Waals surface area contributed by atoms with Crippen LogP contribution in [0.5, 0.6) is 0 Å². The largest absolute Gasteiger partial charge is 0.481 e. The van der Waals surface area contributed by atoms with Gasteiger partial charge in [0.15, 0.2) is 0 Å². The second-order valence-electron chi connectivity index (χ2n) is 5.64. The Bertz CT molecular complexity index is 743. The number of aromatic nitrogens is 2. The van der Waals surface area contributed by atoms with E-state index in [0.717, 1.165) is 12.1 Å². The highest BCUT2D eigenvalue weighted by atomic mass is 19.1. The number of halogens is 1. The first-order valence-electron chi connectivity index (χ1n) is 7.99. The lowest BCUT2D eigenvalue weighted by Gasteiger charge is -2.17. The SMILES string of the molecule is CCCc1c(NC(=O)N(C)CCC(=O)O)cnn1-c1ccc(F)cc1. The summed E-state index contributed by atoms with van der Waals surface area (Å²) in [4.78, 5) is 24.1. The van der Waals surface area contributed by atoms with Crippen molar-refractivity contribution in [3.63, 3.8) is 0 Å². The van der Waals surface area contributed by atoms with E-state index in [9.17, 15) is 14.0 Å². The zero-order valence-corrected chi connectivity index (χ0v) is 14.2. The number of carboxylic acid groups (broad SMARTS) is 1. The lowest BCUT2D eigenvalue weighted by molar-refractivity contribution is -0.137. The summed E-state index contributed by atoms with van der Waals surface area (Å²) in [6.07, 6.45) is 2.92. The minimum absolute atomic E-state index is 0.108. The lowest BCUT2D eigenvalue weighted by atomic mass is 10.2. The van der Waals surface area contributed by atoms with E-state index < -0.39 is 12.0 Å². The molecular formula is C17H21FN4O3. The van der Waals surface area contributed by atoms with Crippen LogP contribution in [0.15, 0.2) is 30.5 Å². The molecular weight excluding hydrogens is 327 g/mol. The van der Waals surface area contributed by atoms with E-state index >= 15 is 0 Å². The van der Waals surface area contributed by atoms with Crippen molar-refractivity contribution in [3.8, 4) is 5.69 Å². The van der Waals surface area contributed by atoms with E-state index in [1.165, 1.54) is 30.3 Å². The first-order valence-corrected chi connectivity index (χ1v) is 7.99. The number of hydrogen-bond acceptors (Lipinski definition) is 3. The van der Waals surface area contributed by atoms with Crippen molar-refractivity contribution in [1.29, 1.82) is 0 Å². The van der Waals surface area contributed by atoms with Crippen LogP contribution in [0, 0.1) is 5.82 Å². The predicted molar refractivity (Wildman–Crippen MR) is 91.4 cm³/mol. The average Bonchev–Trinajstić information content (AvgIpc) is 2.96. The first kappa shape index (κ1) is 18.4. The van der Waals surface area contributed by atoms with Crippen LogP contribution < -0.4 is 5.32 Å². The second-order valence-corrected chi connectivity index (χ2v) is 5.64. The Kier molecular flexibility index (Phi) is 6.10. The summed E-state index contributed by atoms with van der Waals surface area (Å²) >= 11 is 0. The fraction of sp³-hybridized carbons (Fsp3) is 0.353. The van der Waals surface area contributed by atoms with Crippen molar-refractivity contribution in [2.24, 2.45) is 0 Å². The topological polar surface area (TPSA) is 87.5 Å². The molecule has 2 aromatic rings. The number of carbonyl (C=O) groups excluding carboxylic acids is 1. The predicted octanol–water partition coefficient (Wildman–Crippen LogP) is 2.90. The number of nitrogens with one attached hydrogen (secondary N) is 1. The summed E-state index contributed by atoms with van der Waals surface area (Å²) in [5, 5.41) is 15.7. The van der Waals surface area contributed by atoms with E-state index in [1.54, 1.807) is 16.8 Å². The molecule has 0 saturated carbocycles. The second kappa shape index (κ2) is 8.27. The summed E-state index contributed by atoms with van der Waals surface area (Å²) in [6, 6.07) is 5.53. The standard InChI is InChI=1S/C17H21FN4O3/c1-3-4-15-14(20-17(25)21(2)10-9-16(23)24)11-19-22(15)13-7-5-12(18)6-8-13/h5-8,11H,3-4,9-10H2,1-2H3,(H,20,25)(H,23,24). The average molecular weight is 348 g/mol. The van der Waals surface area contributed by atoms with Gasteiger partial charge in [0.05, 0.1) is 29.7 Å². The van der Waals surface area contributed by atoms with E-state index in [0.29, 0.717) is 17.8 Å². The van der Waals surface area contributed by atoms with Crippen molar-refractivity contribution in [2.75, 3.05) is 18.9 Å². The Morgan fingerprint density at radius 2 is 2.00 bits per heavy atom. The number of amides is 2. The highest BCUT2D eigenvalue weighted by Gasteiger charge is 2.16. The molecule has 0 spiro atoms. The molecule has 0 atom stereocenters. The smallest absolute Gasteiger partial charge is 0.321 e. The van der Waals surface area contributed by atoms with Crippen LogP contribution in [0.4, 0.5) is 14.9 Å². The number of hydrogen-bond donors (Lipinski definition) is 2. The number of urea groups is 1. The molecule has 25 heavy (non-hydrogen) atoms. The molecule has 0 aliphatic heterocycles. The van der Waals surface area contributed by atoms with Gasteiger partial charge in [0.25, 0.3) is 0 Å². The van der Waals surface area contributed by atoms with Crippen LogP contribution in [0.3, 0.4) is 0 Å². The third-order valence-corrected chi connectivity index (χ3v) is 3.68. The van der Waals surface area contributed by atoms with Crippen molar-refractivity contribution in [1.82, 2.24) is 14.7 Å². The molecule has 0 aliphatic carbocycles. The molecule has 1 aromatic heterocycles. The number of aliphatic carboxylic acids is 1. The maximum atomic E-state index is 13.1. The monoisotopic (exact) mass is 348 g/mol. The number of anilines is 1. The van der Waals surface area contributed by atoms with Crippen molar-refractivity contribution >= 4 is 17.7 Å². The number of carbonyl (C=O) groups is 2. The number of benzene rings is 1. The van der Waals surface area contributed by atoms with E-state index in [1.807, 2.05) is 6.92 Å². The van der Waals surface area contributed by atoms with Gasteiger partial charge in [-0.05, 0) is 30.7 Å². The third kappa shape index (κ3) is 4.79. The Morgan fingerprint density at radius 3 is 2.60 bits per heavy atom. The van der Waals surface area contributed by atoms with Crippen molar-refractivity contribution < 1.29 is 19.1 Å². The molecule has 134 valence electrons. The molecule has 0 radical (unpaired) electrons. The van der Waals surface area contributed by atoms with Gasteiger partial charge in [0.2, 0.25) is 0 Å². The molecule has 0 aliphatic rings. The number of rotatable bonds is 7. The molecule has 0 saturated heterocycles. The molecule has 7 nitrogen and oxygen atoms in total. The zero-order valence-electron chi connectivity index (χ0n) is 14.2. The zero-order chi connectivity index (χ0) is 18.4. The minimum atomic E-state index is -0.963. The first-order chi connectivity index (χ1) is 11.9. The summed E-state index contributed by atoms with van der Waals surface area (Å²) in [7, 11) is 1.53. The maximum Gasteiger partial charge on any atom is 0.321 e. The molecule has 8 heteroatoms. The molecule has 0 fully saturated rings. The van der Waals surface area contributed by atoms with Gasteiger partial charge in [-0.25, -0.2) is 13.9 Å². The Morgan fingerprint density at radius 1 is 1.32 bits per heavy atom. The van der Waals surface area contributed by atoms with Crippen molar-refractivity contribution in [2.45, 2.75) is 26.2 Å². The number of carboxylic acids is 1. The van der Waals surface area contributed by atoms with Crippen LogP contribution in [-0.2, 0) is 11.2 Å². The highest BCUT2D eigenvalue weighted by Crippen LogP contribution is 2.21. The quantitative estimate of drug-likeness (QED) is 0.805. The Hall–Kier alpha value is -2.90. The minimum Gasteiger partial charge on any atom is -0.481 e. The molecule has 1 aromatic carbocycles. The molecule has 2 N–H and O–H groups in total. The molecule has 1 heterocycles. The fourth-order valence-electron chi connectivity index (χ4n) is 2.34. The lowest BCUT2D eigenvalue weighted by Crippen LogP contribution is -2.33. The molecule has 2 rings (SSSR count). The van der Waals surface area contributed by atoms with Crippen LogP contribution in [0.25, 0.3) is 5.69 Å². The van der Waals surface area contributed by atoms with Crippen LogP contribution >= 0.6 is 0 Å². The summed E-state index contributed by atoms with van der Waals surface area (Å²) in [6.45, 7) is 2.11. The van der Waals surface area contributed by atoms with Gasteiger partial charge < -0.3 is 15.3 Å². The normalized spacial score (nSPS) is 10.5. The Balaban J connectivity index is 2.19. The van der Waals surface area contributed by atoms with E-state index in [2.05, 4.69) is 10.4 Å². The Labute approximate surface area is 145 Å². The van der Waals surface area contributed by atoms with Gasteiger partial charge in [-0.15, -0.1) is 0 Å². The van der Waals surface area contributed by atoms with Crippen LogP contribution in [0.1, 0.15) is 25.5 Å². The summed E-state index contributed by atoms with van der Waals surface area (Å²) < 4.78 is 14.8. The van der Waals surface area contributed by atoms with Gasteiger partial charge in [-0.3, -0.25) is 4.79 Å². The summed E-state index contributed by atoms with van der Waals surface area (Å²) in [5.41, 5.74) is 2.05. The summed E-state index contributed by atoms with van der Waals surface area (Å²) in [5.74, 6) is -1.29. The molecule has 0 bridgehead atoms. The van der Waals surface area contributed by atoms with Gasteiger partial charge in [-0.2, -0.15) is 5.10 Å². The van der Waals surface area contributed by atoms with Crippen molar-refractivity contribution in [3.05, 3.63) is 42.0 Å². The molecule has 0 unspecified atom stereocenters. The number of nitrogens with zero attached hydrogens (tertiary/aromatic N) is 3. The van der Waals surface area contributed by atoms with Crippen LogP contribution in [0.2, 0.25) is 0 Å². The van der Waals surface area contributed by atoms with Gasteiger partial charge in [0.1, 0.15) is 5.82 Å².